The Morgan fingerprint density at radius 1 is 1.31 bits per heavy atom. The molecule has 1 nitrogen and oxygen atoms in total. The monoisotopic (exact) mass is 222 g/mol. The SMILES string of the molecule is C/C=C/C1CC(C)CC1C(=O)CC(C)(C)C. The van der Waals surface area contributed by atoms with E-state index in [1.807, 2.05) is 6.92 Å². The van der Waals surface area contributed by atoms with Crippen LogP contribution >= 0.6 is 0 Å². The van der Waals surface area contributed by atoms with Crippen molar-refractivity contribution >= 4 is 5.78 Å². The number of hydrogen-bond donors (Lipinski definition) is 0. The van der Waals surface area contributed by atoms with Crippen molar-refractivity contribution in [3.8, 4) is 0 Å². The van der Waals surface area contributed by atoms with E-state index in [1.165, 1.54) is 6.42 Å². The third kappa shape index (κ3) is 3.77. The summed E-state index contributed by atoms with van der Waals surface area (Å²) in [6, 6.07) is 0. The Hall–Kier alpha value is -0.590. The molecule has 0 heterocycles. The number of hydrogen-bond acceptors (Lipinski definition) is 1. The van der Waals surface area contributed by atoms with Crippen LogP contribution in [0, 0.1) is 23.2 Å². The van der Waals surface area contributed by atoms with Crippen molar-refractivity contribution in [3.63, 3.8) is 0 Å². The zero-order valence-corrected chi connectivity index (χ0v) is 11.4. The number of carbonyl (C=O) groups is 1. The number of ketones is 1. The minimum absolute atomic E-state index is 0.128. The first-order valence-corrected chi connectivity index (χ1v) is 6.49. The highest BCUT2D eigenvalue weighted by Crippen LogP contribution is 2.39. The molecule has 1 aliphatic carbocycles. The lowest BCUT2D eigenvalue weighted by Gasteiger charge is -2.22. The lowest BCUT2D eigenvalue weighted by atomic mass is 9.82. The molecule has 0 aromatic carbocycles. The summed E-state index contributed by atoms with van der Waals surface area (Å²) in [5.74, 6) is 1.95. The van der Waals surface area contributed by atoms with Crippen LogP contribution in [0.2, 0.25) is 0 Å². The van der Waals surface area contributed by atoms with Gasteiger partial charge in [0.05, 0.1) is 0 Å². The molecule has 0 bridgehead atoms. The van der Waals surface area contributed by atoms with E-state index in [2.05, 4.69) is 39.8 Å². The molecule has 3 atom stereocenters. The van der Waals surface area contributed by atoms with Crippen LogP contribution in [0.3, 0.4) is 0 Å². The van der Waals surface area contributed by atoms with Gasteiger partial charge in [-0.25, -0.2) is 0 Å². The van der Waals surface area contributed by atoms with E-state index in [0.717, 1.165) is 12.8 Å². The van der Waals surface area contributed by atoms with Crippen LogP contribution < -0.4 is 0 Å². The molecule has 1 saturated carbocycles. The average Bonchev–Trinajstić information content (AvgIpc) is 2.44. The maximum atomic E-state index is 12.3. The summed E-state index contributed by atoms with van der Waals surface area (Å²) in [7, 11) is 0. The van der Waals surface area contributed by atoms with E-state index in [4.69, 9.17) is 0 Å². The molecule has 0 N–H and O–H groups in total. The van der Waals surface area contributed by atoms with Gasteiger partial charge in [-0.3, -0.25) is 4.79 Å². The molecule has 0 amide bonds. The average molecular weight is 222 g/mol. The Balaban J connectivity index is 2.67. The number of rotatable bonds is 3. The van der Waals surface area contributed by atoms with Crippen molar-refractivity contribution in [3.05, 3.63) is 12.2 Å². The third-order valence-electron chi connectivity index (χ3n) is 3.41. The topological polar surface area (TPSA) is 17.1 Å². The van der Waals surface area contributed by atoms with Gasteiger partial charge < -0.3 is 0 Å². The summed E-state index contributed by atoms with van der Waals surface area (Å²) in [6.07, 6.45) is 7.32. The molecule has 0 saturated heterocycles. The second-order valence-electron chi connectivity index (χ2n) is 6.58. The van der Waals surface area contributed by atoms with Crippen LogP contribution in [0.25, 0.3) is 0 Å². The van der Waals surface area contributed by atoms with E-state index in [1.54, 1.807) is 0 Å². The normalized spacial score (nSPS) is 31.2. The quantitative estimate of drug-likeness (QED) is 0.653. The van der Waals surface area contributed by atoms with Crippen LogP contribution in [0.5, 0.6) is 0 Å². The largest absolute Gasteiger partial charge is 0.299 e. The summed E-state index contributed by atoms with van der Waals surface area (Å²) in [5, 5.41) is 0. The predicted octanol–water partition coefficient (Wildman–Crippen LogP) is 4.23. The van der Waals surface area contributed by atoms with Gasteiger partial charge in [-0.15, -0.1) is 0 Å². The summed E-state index contributed by atoms with van der Waals surface area (Å²) in [5.41, 5.74) is 0.128. The van der Waals surface area contributed by atoms with Gasteiger partial charge in [0.2, 0.25) is 0 Å². The van der Waals surface area contributed by atoms with Crippen molar-refractivity contribution in [1.29, 1.82) is 0 Å². The summed E-state index contributed by atoms with van der Waals surface area (Å²) < 4.78 is 0. The smallest absolute Gasteiger partial charge is 0.137 e. The number of Topliss-reactive ketones (excluding diaryl/α,β-unsaturated/α-hetero) is 1. The highest BCUT2D eigenvalue weighted by atomic mass is 16.1. The molecule has 0 aromatic heterocycles. The highest BCUT2D eigenvalue weighted by Gasteiger charge is 2.36. The summed E-state index contributed by atoms with van der Waals surface area (Å²) in [6.45, 7) is 10.8. The van der Waals surface area contributed by atoms with Gasteiger partial charge >= 0.3 is 0 Å². The standard InChI is InChI=1S/C15H26O/c1-6-7-12-8-11(2)9-13(12)14(16)10-15(3,4)5/h6-7,11-13H,8-10H2,1-5H3/b7-6+. The number of allylic oxidation sites excluding steroid dienone is 2. The van der Waals surface area contributed by atoms with E-state index >= 15 is 0 Å². The van der Waals surface area contributed by atoms with Crippen LogP contribution in [-0.2, 0) is 4.79 Å². The fourth-order valence-corrected chi connectivity index (χ4v) is 2.82. The molecule has 1 rings (SSSR count). The van der Waals surface area contributed by atoms with Crippen LogP contribution in [0.1, 0.15) is 53.9 Å². The van der Waals surface area contributed by atoms with Crippen LogP contribution in [-0.4, -0.2) is 5.78 Å². The zero-order valence-electron chi connectivity index (χ0n) is 11.4. The van der Waals surface area contributed by atoms with E-state index in [-0.39, 0.29) is 11.3 Å². The summed E-state index contributed by atoms with van der Waals surface area (Å²) in [4.78, 5) is 12.3. The third-order valence-corrected chi connectivity index (χ3v) is 3.41. The maximum Gasteiger partial charge on any atom is 0.137 e. The van der Waals surface area contributed by atoms with Gasteiger partial charge in [0, 0.05) is 12.3 Å². The molecule has 92 valence electrons. The fourth-order valence-electron chi connectivity index (χ4n) is 2.82. The van der Waals surface area contributed by atoms with E-state index in [9.17, 15) is 4.79 Å². The second-order valence-corrected chi connectivity index (χ2v) is 6.58. The van der Waals surface area contributed by atoms with Crippen molar-refractivity contribution < 1.29 is 4.79 Å². The predicted molar refractivity (Wildman–Crippen MR) is 69.3 cm³/mol. The summed E-state index contributed by atoms with van der Waals surface area (Å²) >= 11 is 0. The molecular formula is C15H26O. The lowest BCUT2D eigenvalue weighted by molar-refractivity contribution is -0.125. The lowest BCUT2D eigenvalue weighted by Crippen LogP contribution is -2.23. The van der Waals surface area contributed by atoms with Crippen molar-refractivity contribution in [2.75, 3.05) is 0 Å². The fraction of sp³-hybridized carbons (Fsp3) is 0.800. The van der Waals surface area contributed by atoms with E-state index < -0.39 is 0 Å². The molecule has 3 unspecified atom stereocenters. The molecular weight excluding hydrogens is 196 g/mol. The Kier molecular flexibility index (Phi) is 4.35. The van der Waals surface area contributed by atoms with Crippen molar-refractivity contribution in [2.45, 2.75) is 53.9 Å². The molecule has 0 aromatic rings. The minimum Gasteiger partial charge on any atom is -0.299 e. The Morgan fingerprint density at radius 3 is 2.44 bits per heavy atom. The molecule has 1 aliphatic rings. The number of carbonyl (C=O) groups excluding carboxylic acids is 1. The Morgan fingerprint density at radius 2 is 1.94 bits per heavy atom. The maximum absolute atomic E-state index is 12.3. The first-order chi connectivity index (χ1) is 7.33. The highest BCUT2D eigenvalue weighted by molar-refractivity contribution is 5.82. The van der Waals surface area contributed by atoms with Crippen LogP contribution in [0.15, 0.2) is 12.2 Å². The first kappa shape index (κ1) is 13.5. The van der Waals surface area contributed by atoms with E-state index in [0.29, 0.717) is 17.6 Å². The molecule has 0 spiro atoms. The molecule has 1 heteroatoms. The van der Waals surface area contributed by atoms with Gasteiger partial charge in [-0.1, -0.05) is 39.8 Å². The molecule has 1 fully saturated rings. The van der Waals surface area contributed by atoms with Gasteiger partial charge in [-0.2, -0.15) is 0 Å². The van der Waals surface area contributed by atoms with Gasteiger partial charge in [0.1, 0.15) is 5.78 Å². The van der Waals surface area contributed by atoms with Crippen molar-refractivity contribution in [2.24, 2.45) is 23.2 Å². The zero-order chi connectivity index (χ0) is 12.3. The van der Waals surface area contributed by atoms with Crippen LogP contribution in [0.4, 0.5) is 0 Å². The minimum atomic E-state index is 0.128. The second kappa shape index (κ2) is 5.16. The van der Waals surface area contributed by atoms with Gasteiger partial charge in [0.25, 0.3) is 0 Å². The Bertz CT molecular complexity index is 270. The van der Waals surface area contributed by atoms with Gasteiger partial charge in [0.15, 0.2) is 0 Å². The first-order valence-electron chi connectivity index (χ1n) is 6.49. The van der Waals surface area contributed by atoms with Gasteiger partial charge in [-0.05, 0) is 37.0 Å². The molecule has 16 heavy (non-hydrogen) atoms. The Labute approximate surface area is 100 Å². The molecule has 0 radical (unpaired) electrons. The molecule has 0 aliphatic heterocycles. The van der Waals surface area contributed by atoms with Crippen molar-refractivity contribution in [1.82, 2.24) is 0 Å².